The Morgan fingerprint density at radius 1 is 1.15 bits per heavy atom. The zero-order valence-electron chi connectivity index (χ0n) is 18.6. The lowest BCUT2D eigenvalue weighted by Gasteiger charge is -2.13. The molecule has 0 atom stereocenters. The summed E-state index contributed by atoms with van der Waals surface area (Å²) < 4.78 is 22.2. The van der Waals surface area contributed by atoms with Crippen molar-refractivity contribution in [2.75, 3.05) is 0 Å². The summed E-state index contributed by atoms with van der Waals surface area (Å²) in [5.41, 5.74) is 0.842. The van der Waals surface area contributed by atoms with Gasteiger partial charge in [-0.1, -0.05) is 36.2 Å². The minimum absolute atomic E-state index is 0.132. The van der Waals surface area contributed by atoms with E-state index in [9.17, 15) is 14.0 Å². The van der Waals surface area contributed by atoms with Crippen molar-refractivity contribution in [3.8, 4) is 11.5 Å². The predicted octanol–water partition coefficient (Wildman–Crippen LogP) is 4.16. The van der Waals surface area contributed by atoms with Crippen molar-refractivity contribution < 1.29 is 8.91 Å². The number of aromatic nitrogens is 4. The molecular weight excluding hydrogens is 449 g/mol. The maximum atomic E-state index is 14.1. The van der Waals surface area contributed by atoms with Gasteiger partial charge in [0, 0.05) is 25.9 Å². The normalized spacial score (nSPS) is 12.8. The maximum Gasteiger partial charge on any atom is 0.332 e. The van der Waals surface area contributed by atoms with E-state index in [1.54, 1.807) is 23.6 Å². The van der Waals surface area contributed by atoms with Crippen molar-refractivity contribution in [2.24, 2.45) is 4.99 Å². The Kier molecular flexibility index (Phi) is 6.88. The molecule has 10 heteroatoms. The number of rotatable bonds is 9. The summed E-state index contributed by atoms with van der Waals surface area (Å²) in [4.78, 5) is 34.3. The lowest BCUT2D eigenvalue weighted by atomic mass is 10.1. The van der Waals surface area contributed by atoms with Gasteiger partial charge in [-0.15, -0.1) is 0 Å². The highest BCUT2D eigenvalue weighted by Crippen LogP contribution is 2.24. The van der Waals surface area contributed by atoms with Gasteiger partial charge in [-0.05, 0) is 43.9 Å². The summed E-state index contributed by atoms with van der Waals surface area (Å²) in [6, 6.07) is 4.81. The molecule has 1 aliphatic heterocycles. The first-order valence-electron chi connectivity index (χ1n) is 11.1. The number of hydrogen-bond acceptors (Lipinski definition) is 6. The number of hydrogen-bond donors (Lipinski definition) is 0. The van der Waals surface area contributed by atoms with E-state index in [4.69, 9.17) is 16.1 Å². The lowest BCUT2D eigenvalue weighted by Crippen LogP contribution is -2.41. The Hall–Kier alpha value is -3.07. The fraction of sp³-hybridized carbons (Fsp3) is 0.435. The SMILES string of the molecule is CCCCn1c2c(c(=O)n(CCCCc3noc(-c4ccc(C)cc4F)n3)c1=O)CC(Cl)=N2. The Balaban J connectivity index is 1.44. The third-order valence-corrected chi connectivity index (χ3v) is 5.85. The molecule has 0 radical (unpaired) electrons. The second kappa shape index (κ2) is 9.82. The number of halogens is 2. The van der Waals surface area contributed by atoms with Gasteiger partial charge >= 0.3 is 5.69 Å². The smallest absolute Gasteiger partial charge is 0.332 e. The average Bonchev–Trinajstić information content (AvgIpc) is 3.40. The van der Waals surface area contributed by atoms with E-state index in [-0.39, 0.29) is 35.7 Å². The lowest BCUT2D eigenvalue weighted by molar-refractivity contribution is 0.418. The number of aliphatic imine (C=N–C) groups is 1. The van der Waals surface area contributed by atoms with Gasteiger partial charge in [0.2, 0.25) is 0 Å². The van der Waals surface area contributed by atoms with Crippen molar-refractivity contribution in [3.63, 3.8) is 0 Å². The average molecular weight is 474 g/mol. The van der Waals surface area contributed by atoms with Gasteiger partial charge in [-0.3, -0.25) is 13.9 Å². The van der Waals surface area contributed by atoms with Gasteiger partial charge in [0.1, 0.15) is 16.8 Å². The third kappa shape index (κ3) is 4.83. The molecule has 33 heavy (non-hydrogen) atoms. The van der Waals surface area contributed by atoms with E-state index in [1.807, 2.05) is 6.92 Å². The molecule has 0 unspecified atom stereocenters. The van der Waals surface area contributed by atoms with Gasteiger partial charge in [0.15, 0.2) is 5.82 Å². The van der Waals surface area contributed by atoms with Crippen molar-refractivity contribution in [2.45, 2.75) is 65.5 Å². The van der Waals surface area contributed by atoms with Crippen molar-refractivity contribution in [3.05, 3.63) is 61.8 Å². The van der Waals surface area contributed by atoms with Gasteiger partial charge in [0.05, 0.1) is 11.1 Å². The van der Waals surface area contributed by atoms with Crippen LogP contribution in [-0.4, -0.2) is 24.4 Å². The standard InChI is InChI=1S/C23H25ClFN5O3/c1-3-4-10-29-20-16(13-18(24)26-20)22(31)30(23(29)32)11-6-5-7-19-27-21(33-28-19)15-9-8-14(2)12-17(15)25/h8-9,12H,3-7,10-11,13H2,1-2H3. The number of fused-ring (bicyclic) bond motifs is 1. The van der Waals surface area contributed by atoms with Crippen LogP contribution in [0.1, 0.15) is 49.6 Å². The fourth-order valence-corrected chi connectivity index (χ4v) is 4.07. The summed E-state index contributed by atoms with van der Waals surface area (Å²) in [5.74, 6) is 0.562. The van der Waals surface area contributed by atoms with E-state index in [0.717, 1.165) is 18.4 Å². The van der Waals surface area contributed by atoms with Gasteiger partial charge in [-0.2, -0.15) is 4.98 Å². The van der Waals surface area contributed by atoms with Crippen molar-refractivity contribution in [1.82, 2.24) is 19.3 Å². The maximum absolute atomic E-state index is 14.1. The topological polar surface area (TPSA) is 95.3 Å². The first-order valence-corrected chi connectivity index (χ1v) is 11.5. The number of aryl methyl sites for hydroxylation is 2. The molecule has 0 N–H and O–H groups in total. The van der Waals surface area contributed by atoms with Crippen LogP contribution < -0.4 is 11.2 Å². The molecule has 3 heterocycles. The monoisotopic (exact) mass is 473 g/mol. The molecule has 0 bridgehead atoms. The highest BCUT2D eigenvalue weighted by atomic mass is 35.5. The zero-order valence-corrected chi connectivity index (χ0v) is 19.4. The summed E-state index contributed by atoms with van der Waals surface area (Å²) in [6.07, 6.45) is 3.65. The predicted molar refractivity (Wildman–Crippen MR) is 124 cm³/mol. The van der Waals surface area contributed by atoms with Gasteiger partial charge in [-0.25, -0.2) is 14.2 Å². The van der Waals surface area contributed by atoms with Crippen LogP contribution in [0.25, 0.3) is 11.5 Å². The Labute approximate surface area is 194 Å². The minimum atomic E-state index is -0.412. The van der Waals surface area contributed by atoms with Crippen LogP contribution in [0.2, 0.25) is 0 Å². The largest absolute Gasteiger partial charge is 0.334 e. The van der Waals surface area contributed by atoms with E-state index in [2.05, 4.69) is 15.1 Å². The van der Waals surface area contributed by atoms with Crippen molar-refractivity contribution >= 4 is 22.6 Å². The first-order chi connectivity index (χ1) is 15.9. The highest BCUT2D eigenvalue weighted by Gasteiger charge is 2.24. The molecule has 3 aromatic rings. The summed E-state index contributed by atoms with van der Waals surface area (Å²) in [7, 11) is 0. The zero-order chi connectivity index (χ0) is 23.5. The number of unbranched alkanes of at least 4 members (excludes halogenated alkanes) is 2. The fourth-order valence-electron chi connectivity index (χ4n) is 3.85. The van der Waals surface area contributed by atoms with E-state index in [1.165, 1.54) is 10.6 Å². The first kappa shape index (κ1) is 23.1. The molecule has 0 saturated carbocycles. The molecule has 2 aromatic heterocycles. The Bertz CT molecular complexity index is 1320. The molecule has 1 aromatic carbocycles. The van der Waals surface area contributed by atoms with Crippen LogP contribution in [0, 0.1) is 12.7 Å². The molecule has 0 amide bonds. The number of benzene rings is 1. The second-order valence-corrected chi connectivity index (χ2v) is 8.60. The summed E-state index contributed by atoms with van der Waals surface area (Å²) in [6.45, 7) is 4.60. The van der Waals surface area contributed by atoms with E-state index < -0.39 is 5.82 Å². The molecule has 0 fully saturated rings. The van der Waals surface area contributed by atoms with Gasteiger partial charge < -0.3 is 4.52 Å². The molecule has 4 rings (SSSR count). The van der Waals surface area contributed by atoms with Crippen LogP contribution in [0.3, 0.4) is 0 Å². The highest BCUT2D eigenvalue weighted by molar-refractivity contribution is 6.66. The third-order valence-electron chi connectivity index (χ3n) is 5.63. The van der Waals surface area contributed by atoms with Crippen LogP contribution in [-0.2, 0) is 25.9 Å². The summed E-state index contributed by atoms with van der Waals surface area (Å²) in [5, 5.41) is 4.24. The van der Waals surface area contributed by atoms with Crippen LogP contribution in [0.15, 0.2) is 37.3 Å². The molecule has 1 aliphatic rings. The van der Waals surface area contributed by atoms with Crippen LogP contribution in [0.4, 0.5) is 10.2 Å². The Morgan fingerprint density at radius 3 is 2.70 bits per heavy atom. The van der Waals surface area contributed by atoms with E-state index in [0.29, 0.717) is 48.2 Å². The molecular formula is C23H25ClFN5O3. The van der Waals surface area contributed by atoms with Crippen LogP contribution >= 0.6 is 11.6 Å². The van der Waals surface area contributed by atoms with Crippen LogP contribution in [0.5, 0.6) is 0 Å². The van der Waals surface area contributed by atoms with E-state index >= 15 is 0 Å². The molecule has 0 aliphatic carbocycles. The molecule has 174 valence electrons. The molecule has 0 spiro atoms. The second-order valence-electron chi connectivity index (χ2n) is 8.17. The minimum Gasteiger partial charge on any atom is -0.334 e. The quantitative estimate of drug-likeness (QED) is 0.435. The Morgan fingerprint density at radius 2 is 1.94 bits per heavy atom. The van der Waals surface area contributed by atoms with Crippen molar-refractivity contribution in [1.29, 1.82) is 0 Å². The summed E-state index contributed by atoms with van der Waals surface area (Å²) >= 11 is 6.06. The van der Waals surface area contributed by atoms with Gasteiger partial charge in [0.25, 0.3) is 11.4 Å². The molecule has 8 nitrogen and oxygen atoms in total. The number of nitrogens with zero attached hydrogens (tertiary/aromatic N) is 5. The molecule has 0 saturated heterocycles.